The lowest BCUT2D eigenvalue weighted by Gasteiger charge is -2.17. The van der Waals surface area contributed by atoms with Crippen molar-refractivity contribution in [2.45, 2.75) is 38.3 Å². The second-order valence-electron chi connectivity index (χ2n) is 3.97. The van der Waals surface area contributed by atoms with Gasteiger partial charge in [-0.05, 0) is 43.2 Å². The molecular formula is C11H17NOS. The van der Waals surface area contributed by atoms with E-state index in [1.807, 2.05) is 0 Å². The van der Waals surface area contributed by atoms with Gasteiger partial charge in [0.1, 0.15) is 0 Å². The minimum atomic E-state index is 0.266. The van der Waals surface area contributed by atoms with Crippen molar-refractivity contribution in [1.82, 2.24) is 5.32 Å². The Morgan fingerprint density at radius 2 is 2.43 bits per heavy atom. The van der Waals surface area contributed by atoms with Crippen molar-refractivity contribution in [3.05, 3.63) is 21.9 Å². The molecule has 2 nitrogen and oxygen atoms in total. The molecule has 1 aliphatic rings. The number of rotatable bonds is 5. The third-order valence-corrected chi connectivity index (χ3v) is 3.78. The van der Waals surface area contributed by atoms with Gasteiger partial charge in [0.2, 0.25) is 0 Å². The van der Waals surface area contributed by atoms with Gasteiger partial charge in [-0.3, -0.25) is 0 Å². The number of hydrogen-bond donors (Lipinski definition) is 2. The highest BCUT2D eigenvalue weighted by Crippen LogP contribution is 2.30. The van der Waals surface area contributed by atoms with Crippen LogP contribution < -0.4 is 5.32 Å². The van der Waals surface area contributed by atoms with Gasteiger partial charge in [-0.2, -0.15) is 0 Å². The van der Waals surface area contributed by atoms with Crippen molar-refractivity contribution >= 4 is 11.3 Å². The first-order chi connectivity index (χ1) is 6.81. The lowest BCUT2D eigenvalue weighted by Crippen LogP contribution is -2.24. The van der Waals surface area contributed by atoms with E-state index in [1.165, 1.54) is 23.3 Å². The van der Waals surface area contributed by atoms with Crippen LogP contribution in [0.3, 0.4) is 0 Å². The van der Waals surface area contributed by atoms with Crippen LogP contribution in [0.5, 0.6) is 0 Å². The number of nitrogens with one attached hydrogen (secondary N) is 1. The second kappa shape index (κ2) is 4.43. The summed E-state index contributed by atoms with van der Waals surface area (Å²) in [5.74, 6) is 0. The molecule has 0 unspecified atom stereocenters. The Kier molecular flexibility index (Phi) is 3.21. The first-order valence-corrected chi connectivity index (χ1v) is 6.10. The quantitative estimate of drug-likeness (QED) is 0.783. The van der Waals surface area contributed by atoms with Crippen molar-refractivity contribution < 1.29 is 5.11 Å². The van der Waals surface area contributed by atoms with Crippen LogP contribution in [0.2, 0.25) is 0 Å². The molecule has 1 fully saturated rings. The van der Waals surface area contributed by atoms with Crippen LogP contribution in [-0.4, -0.2) is 17.8 Å². The summed E-state index contributed by atoms with van der Waals surface area (Å²) >= 11 is 1.79. The van der Waals surface area contributed by atoms with Crippen LogP contribution in [0.4, 0.5) is 0 Å². The van der Waals surface area contributed by atoms with E-state index in [4.69, 9.17) is 5.11 Å². The van der Waals surface area contributed by atoms with Gasteiger partial charge in [0.15, 0.2) is 0 Å². The largest absolute Gasteiger partial charge is 0.396 e. The number of aliphatic hydroxyl groups excluding tert-OH is 1. The lowest BCUT2D eigenvalue weighted by atomic mass is 10.1. The highest BCUT2D eigenvalue weighted by atomic mass is 32.1. The summed E-state index contributed by atoms with van der Waals surface area (Å²) in [6, 6.07) is 3.22. The SMILES string of the molecule is Cc1ccsc1[C@@H](CCO)NC1CC1. The zero-order valence-corrected chi connectivity index (χ0v) is 9.31. The van der Waals surface area contributed by atoms with Gasteiger partial charge >= 0.3 is 0 Å². The number of aliphatic hydroxyl groups is 1. The molecule has 14 heavy (non-hydrogen) atoms. The first-order valence-electron chi connectivity index (χ1n) is 5.22. The normalized spacial score (nSPS) is 18.4. The first kappa shape index (κ1) is 10.1. The summed E-state index contributed by atoms with van der Waals surface area (Å²) in [7, 11) is 0. The number of aryl methyl sites for hydroxylation is 1. The van der Waals surface area contributed by atoms with Gasteiger partial charge in [-0.15, -0.1) is 11.3 Å². The minimum Gasteiger partial charge on any atom is -0.396 e. The van der Waals surface area contributed by atoms with Crippen molar-refractivity contribution in [1.29, 1.82) is 0 Å². The van der Waals surface area contributed by atoms with E-state index in [9.17, 15) is 0 Å². The van der Waals surface area contributed by atoms with Crippen molar-refractivity contribution in [2.24, 2.45) is 0 Å². The third kappa shape index (κ3) is 2.35. The molecule has 1 saturated carbocycles. The molecule has 0 radical (unpaired) electrons. The van der Waals surface area contributed by atoms with Crippen LogP contribution in [0.1, 0.15) is 35.7 Å². The van der Waals surface area contributed by atoms with Gasteiger partial charge in [-0.1, -0.05) is 0 Å². The van der Waals surface area contributed by atoms with Crippen molar-refractivity contribution in [2.75, 3.05) is 6.61 Å². The molecule has 0 aromatic carbocycles. The molecule has 0 saturated heterocycles. The maximum atomic E-state index is 9.02. The van der Waals surface area contributed by atoms with E-state index >= 15 is 0 Å². The molecule has 3 heteroatoms. The molecule has 78 valence electrons. The molecule has 2 rings (SSSR count). The highest BCUT2D eigenvalue weighted by Gasteiger charge is 2.26. The zero-order valence-electron chi connectivity index (χ0n) is 8.49. The van der Waals surface area contributed by atoms with Crippen LogP contribution in [0.15, 0.2) is 11.4 Å². The van der Waals surface area contributed by atoms with Crippen LogP contribution in [0, 0.1) is 6.92 Å². The predicted octanol–water partition coefficient (Wildman–Crippen LogP) is 2.23. The maximum absolute atomic E-state index is 9.02. The fourth-order valence-electron chi connectivity index (χ4n) is 1.70. The van der Waals surface area contributed by atoms with Crippen molar-refractivity contribution in [3.63, 3.8) is 0 Å². The lowest BCUT2D eigenvalue weighted by molar-refractivity contribution is 0.266. The number of hydrogen-bond acceptors (Lipinski definition) is 3. The van der Waals surface area contributed by atoms with E-state index in [2.05, 4.69) is 23.7 Å². The average molecular weight is 211 g/mol. The minimum absolute atomic E-state index is 0.266. The van der Waals surface area contributed by atoms with E-state index < -0.39 is 0 Å². The molecule has 1 atom stereocenters. The Labute approximate surface area is 89.0 Å². The Morgan fingerprint density at radius 1 is 1.64 bits per heavy atom. The average Bonchev–Trinajstić information content (AvgIpc) is 2.87. The molecule has 0 aliphatic heterocycles. The molecule has 1 heterocycles. The molecular weight excluding hydrogens is 194 g/mol. The van der Waals surface area contributed by atoms with Crippen LogP contribution in [0.25, 0.3) is 0 Å². The molecule has 0 bridgehead atoms. The van der Waals surface area contributed by atoms with Gasteiger partial charge in [0, 0.05) is 23.6 Å². The van der Waals surface area contributed by atoms with E-state index in [0.717, 1.165) is 6.42 Å². The summed E-state index contributed by atoms with van der Waals surface area (Å²) in [5.41, 5.74) is 1.35. The monoisotopic (exact) mass is 211 g/mol. The maximum Gasteiger partial charge on any atom is 0.0449 e. The number of thiophene rings is 1. The van der Waals surface area contributed by atoms with Gasteiger partial charge in [-0.25, -0.2) is 0 Å². The molecule has 1 aliphatic carbocycles. The topological polar surface area (TPSA) is 32.3 Å². The zero-order chi connectivity index (χ0) is 9.97. The summed E-state index contributed by atoms with van der Waals surface area (Å²) in [4.78, 5) is 1.39. The van der Waals surface area contributed by atoms with Gasteiger partial charge in [0.25, 0.3) is 0 Å². The Hall–Kier alpha value is -0.380. The van der Waals surface area contributed by atoms with Crippen molar-refractivity contribution in [3.8, 4) is 0 Å². The fourth-order valence-corrected chi connectivity index (χ4v) is 2.72. The summed E-state index contributed by atoms with van der Waals surface area (Å²) in [5, 5.41) is 14.7. The van der Waals surface area contributed by atoms with Crippen LogP contribution >= 0.6 is 11.3 Å². The second-order valence-corrected chi connectivity index (χ2v) is 4.92. The van der Waals surface area contributed by atoms with Gasteiger partial charge in [0.05, 0.1) is 0 Å². The Morgan fingerprint density at radius 3 is 2.93 bits per heavy atom. The Balaban J connectivity index is 2.04. The summed E-state index contributed by atoms with van der Waals surface area (Å²) in [6.07, 6.45) is 3.43. The summed E-state index contributed by atoms with van der Waals surface area (Å²) in [6.45, 7) is 2.41. The molecule has 2 N–H and O–H groups in total. The fraction of sp³-hybridized carbons (Fsp3) is 0.636. The van der Waals surface area contributed by atoms with E-state index in [1.54, 1.807) is 11.3 Å². The van der Waals surface area contributed by atoms with Gasteiger partial charge < -0.3 is 10.4 Å². The third-order valence-electron chi connectivity index (χ3n) is 2.65. The Bertz CT molecular complexity index is 293. The van der Waals surface area contributed by atoms with E-state index in [-0.39, 0.29) is 6.61 Å². The van der Waals surface area contributed by atoms with E-state index in [0.29, 0.717) is 12.1 Å². The highest BCUT2D eigenvalue weighted by molar-refractivity contribution is 7.10. The standard InChI is InChI=1S/C11H17NOS/c1-8-5-7-14-11(8)10(4-6-13)12-9-2-3-9/h5,7,9-10,12-13H,2-4,6H2,1H3/t10-/m1/s1. The molecule has 1 aromatic rings. The molecule has 1 aromatic heterocycles. The predicted molar refractivity (Wildman–Crippen MR) is 59.7 cm³/mol. The molecule has 0 spiro atoms. The molecule has 0 amide bonds. The smallest absolute Gasteiger partial charge is 0.0449 e. The summed E-state index contributed by atoms with van der Waals surface area (Å²) < 4.78 is 0. The van der Waals surface area contributed by atoms with Crippen LogP contribution in [-0.2, 0) is 0 Å².